The lowest BCUT2D eigenvalue weighted by Gasteiger charge is -2.40. The lowest BCUT2D eigenvalue weighted by Crippen LogP contribution is -2.60. The minimum atomic E-state index is -1.58. The Morgan fingerprint density at radius 2 is 0.959 bits per heavy atom. The van der Waals surface area contributed by atoms with Gasteiger partial charge in [-0.1, -0.05) is 222 Å². The zero-order valence-corrected chi connectivity index (χ0v) is 46.6. The molecule has 0 spiro atoms. The summed E-state index contributed by atoms with van der Waals surface area (Å²) in [5.41, 5.74) is 0. The second kappa shape index (κ2) is 51.5. The van der Waals surface area contributed by atoms with Crippen molar-refractivity contribution in [2.75, 3.05) is 19.8 Å². The summed E-state index contributed by atoms with van der Waals surface area (Å²) in [5.74, 6) is -0.216. The van der Waals surface area contributed by atoms with Gasteiger partial charge in [-0.05, 0) is 83.5 Å². The number of aliphatic hydroxyl groups excluding tert-OH is 5. The highest BCUT2D eigenvalue weighted by Crippen LogP contribution is 2.23. The van der Waals surface area contributed by atoms with Gasteiger partial charge in [-0.2, -0.15) is 0 Å². The zero-order valence-electron chi connectivity index (χ0n) is 46.6. The molecule has 424 valence electrons. The molecule has 1 amide bonds. The summed E-state index contributed by atoms with van der Waals surface area (Å²) in [6.45, 7) is 4.22. The van der Waals surface area contributed by atoms with Gasteiger partial charge in [0, 0.05) is 12.8 Å². The topological polar surface area (TPSA) is 175 Å². The van der Waals surface area contributed by atoms with E-state index in [0.29, 0.717) is 19.4 Å². The minimum Gasteiger partial charge on any atom is -0.466 e. The molecule has 0 aromatic heterocycles. The molecule has 1 aliphatic rings. The number of hydrogen-bond acceptors (Lipinski definition) is 10. The Balaban J connectivity index is 2.08. The molecule has 1 fully saturated rings. The van der Waals surface area contributed by atoms with Crippen molar-refractivity contribution in [2.24, 2.45) is 0 Å². The summed E-state index contributed by atoms with van der Waals surface area (Å²) in [5, 5.41) is 54.2. The molecule has 11 nitrogen and oxygen atoms in total. The van der Waals surface area contributed by atoms with Gasteiger partial charge in [0.1, 0.15) is 24.4 Å². The summed E-state index contributed by atoms with van der Waals surface area (Å²) in [6, 6.07) is -0.842. The molecule has 0 radical (unpaired) electrons. The third-order valence-corrected chi connectivity index (χ3v) is 13.8. The molecule has 7 unspecified atom stereocenters. The van der Waals surface area contributed by atoms with Crippen molar-refractivity contribution in [3.05, 3.63) is 60.8 Å². The van der Waals surface area contributed by atoms with E-state index < -0.39 is 49.5 Å². The second-order valence-electron chi connectivity index (χ2n) is 20.7. The van der Waals surface area contributed by atoms with Crippen LogP contribution in [-0.2, 0) is 23.8 Å². The number of carbonyl (C=O) groups is 2. The number of ether oxygens (including phenoxy) is 3. The van der Waals surface area contributed by atoms with Gasteiger partial charge < -0.3 is 45.1 Å². The van der Waals surface area contributed by atoms with Crippen LogP contribution in [0.2, 0.25) is 0 Å². The molecule has 0 saturated carbocycles. The van der Waals surface area contributed by atoms with Crippen LogP contribution in [0, 0.1) is 0 Å². The fourth-order valence-electron chi connectivity index (χ4n) is 9.03. The van der Waals surface area contributed by atoms with E-state index in [2.05, 4.69) is 67.8 Å². The van der Waals surface area contributed by atoms with Gasteiger partial charge in [-0.15, -0.1) is 0 Å². The summed E-state index contributed by atoms with van der Waals surface area (Å²) >= 11 is 0. The van der Waals surface area contributed by atoms with Gasteiger partial charge in [0.05, 0.1) is 32.0 Å². The largest absolute Gasteiger partial charge is 0.466 e. The van der Waals surface area contributed by atoms with Crippen LogP contribution in [-0.4, -0.2) is 100 Å². The van der Waals surface area contributed by atoms with E-state index in [4.69, 9.17) is 14.2 Å². The summed E-state index contributed by atoms with van der Waals surface area (Å²) < 4.78 is 16.7. The lowest BCUT2D eigenvalue weighted by molar-refractivity contribution is -0.302. The number of aliphatic hydroxyl groups is 5. The Bertz CT molecular complexity index is 1400. The predicted molar refractivity (Wildman–Crippen MR) is 301 cm³/mol. The number of carbonyl (C=O) groups excluding carboxylic acids is 2. The van der Waals surface area contributed by atoms with Crippen LogP contribution in [0.5, 0.6) is 0 Å². The molecule has 7 atom stereocenters. The Morgan fingerprint density at radius 3 is 1.48 bits per heavy atom. The SMILES string of the molecule is CCC/C=C/CC/C=C/CC/C=C/C(O)C(COC1OC(CO)C(O)C(O)C1O)NC(=O)CCCCCCCCC/C=C\C/C=C\CCCCCCCCCCCOC(=O)CCCCCCCCCCCCC. The molecule has 1 heterocycles. The molecule has 1 aliphatic heterocycles. The highest BCUT2D eigenvalue weighted by atomic mass is 16.7. The van der Waals surface area contributed by atoms with Crippen molar-refractivity contribution in [2.45, 2.75) is 301 Å². The third-order valence-electron chi connectivity index (χ3n) is 13.8. The highest BCUT2D eigenvalue weighted by molar-refractivity contribution is 5.76. The van der Waals surface area contributed by atoms with Gasteiger partial charge >= 0.3 is 5.97 Å². The average Bonchev–Trinajstić information content (AvgIpc) is 3.39. The summed E-state index contributed by atoms with van der Waals surface area (Å²) in [6.07, 6.45) is 56.1. The van der Waals surface area contributed by atoms with Gasteiger partial charge in [0.15, 0.2) is 6.29 Å². The maximum absolute atomic E-state index is 13.0. The van der Waals surface area contributed by atoms with Crippen LogP contribution in [0.15, 0.2) is 60.8 Å². The smallest absolute Gasteiger partial charge is 0.305 e. The number of allylic oxidation sites excluding steroid dienone is 9. The Labute approximate surface area is 446 Å². The van der Waals surface area contributed by atoms with Gasteiger partial charge in [-0.25, -0.2) is 0 Å². The quantitative estimate of drug-likeness (QED) is 0.0195. The third kappa shape index (κ3) is 41.2. The van der Waals surface area contributed by atoms with Gasteiger partial charge in [0.25, 0.3) is 0 Å². The molecule has 1 saturated heterocycles. The lowest BCUT2D eigenvalue weighted by atomic mass is 9.99. The van der Waals surface area contributed by atoms with Crippen molar-refractivity contribution in [3.63, 3.8) is 0 Å². The Morgan fingerprint density at radius 1 is 0.507 bits per heavy atom. The van der Waals surface area contributed by atoms with Crippen LogP contribution >= 0.6 is 0 Å². The van der Waals surface area contributed by atoms with Crippen molar-refractivity contribution in [1.29, 1.82) is 0 Å². The number of rotatable bonds is 51. The maximum atomic E-state index is 13.0. The molecular weight excluding hydrogens is 919 g/mol. The first-order valence-corrected chi connectivity index (χ1v) is 30.1. The normalized spacial score (nSPS) is 19.4. The fourth-order valence-corrected chi connectivity index (χ4v) is 9.03. The van der Waals surface area contributed by atoms with Crippen LogP contribution in [0.25, 0.3) is 0 Å². The first-order chi connectivity index (χ1) is 35.7. The van der Waals surface area contributed by atoms with E-state index in [1.807, 2.05) is 6.08 Å². The van der Waals surface area contributed by atoms with Crippen LogP contribution in [0.4, 0.5) is 0 Å². The molecular formula is C62H111NO10. The predicted octanol–water partition coefficient (Wildman–Crippen LogP) is 13.8. The monoisotopic (exact) mass is 1030 g/mol. The molecule has 0 aromatic rings. The number of amides is 1. The van der Waals surface area contributed by atoms with E-state index in [1.54, 1.807) is 6.08 Å². The Kier molecular flexibility index (Phi) is 48.2. The minimum absolute atomic E-state index is 0.00659. The molecule has 73 heavy (non-hydrogen) atoms. The van der Waals surface area contributed by atoms with Crippen LogP contribution < -0.4 is 5.32 Å². The molecule has 0 bridgehead atoms. The van der Waals surface area contributed by atoms with E-state index in [-0.39, 0.29) is 18.5 Å². The van der Waals surface area contributed by atoms with E-state index in [1.165, 1.54) is 122 Å². The zero-order chi connectivity index (χ0) is 53.1. The standard InChI is InChI=1S/C62H111NO10/c1-3-5-7-9-11-13-28-32-36-40-44-48-55(65)54(53-72-62-61(70)60(69)59(68)56(52-64)73-62)63-57(66)49-45-41-37-33-30-26-24-22-20-18-16-15-17-19-21-23-25-27-31-35-39-43-47-51-71-58(67)50-46-42-38-34-29-14-12-10-8-6-4-2/h7,9,15,17-18,20,28,32,44,48,54-56,59-62,64-65,68-70H,3-6,8,10-14,16,19,21-27,29-31,33-43,45-47,49-53H2,1-2H3,(H,63,66)/b9-7+,17-15-,20-18-,32-28+,48-44+. The molecule has 1 rings (SSSR count). The molecule has 0 aliphatic carbocycles. The number of hydrogen-bond donors (Lipinski definition) is 6. The fraction of sp³-hybridized carbons (Fsp3) is 0.806. The highest BCUT2D eigenvalue weighted by Gasteiger charge is 2.44. The first kappa shape index (κ1) is 68.4. The van der Waals surface area contributed by atoms with Crippen LogP contribution in [0.1, 0.15) is 258 Å². The summed E-state index contributed by atoms with van der Waals surface area (Å²) in [7, 11) is 0. The van der Waals surface area contributed by atoms with Gasteiger partial charge in [-0.3, -0.25) is 9.59 Å². The van der Waals surface area contributed by atoms with E-state index in [9.17, 15) is 35.1 Å². The van der Waals surface area contributed by atoms with E-state index >= 15 is 0 Å². The maximum Gasteiger partial charge on any atom is 0.305 e. The number of nitrogens with one attached hydrogen (secondary N) is 1. The van der Waals surface area contributed by atoms with Crippen molar-refractivity contribution < 1.29 is 49.3 Å². The summed E-state index contributed by atoms with van der Waals surface area (Å²) in [4.78, 5) is 25.0. The molecule has 11 heteroatoms. The van der Waals surface area contributed by atoms with Gasteiger partial charge in [0.2, 0.25) is 5.91 Å². The number of unbranched alkanes of at least 4 members (excludes halogenated alkanes) is 29. The van der Waals surface area contributed by atoms with Crippen molar-refractivity contribution in [1.82, 2.24) is 5.32 Å². The van der Waals surface area contributed by atoms with Crippen LogP contribution in [0.3, 0.4) is 0 Å². The average molecular weight is 1030 g/mol. The Hall–Kier alpha value is -2.64. The second-order valence-corrected chi connectivity index (χ2v) is 20.7. The van der Waals surface area contributed by atoms with Crippen molar-refractivity contribution >= 4 is 11.9 Å². The molecule has 0 aromatic carbocycles. The van der Waals surface area contributed by atoms with Crippen molar-refractivity contribution in [3.8, 4) is 0 Å². The number of esters is 1. The molecule has 6 N–H and O–H groups in total. The van der Waals surface area contributed by atoms with E-state index in [0.717, 1.165) is 109 Å². The first-order valence-electron chi connectivity index (χ1n) is 30.1.